The normalized spacial score (nSPS) is 11.4. The molecule has 0 amide bonds. The molecule has 0 aliphatic heterocycles. The second kappa shape index (κ2) is 7.76. The summed E-state index contributed by atoms with van der Waals surface area (Å²) >= 11 is 0. The molecule has 3 aromatic carbocycles. The molecule has 0 saturated heterocycles. The van der Waals surface area contributed by atoms with Crippen molar-refractivity contribution in [3.05, 3.63) is 71.8 Å². The van der Waals surface area contributed by atoms with Crippen LogP contribution in [0.25, 0.3) is 22.4 Å². The zero-order valence-corrected chi connectivity index (χ0v) is 15.2. The van der Waals surface area contributed by atoms with Gasteiger partial charge in [-0.05, 0) is 48.4 Å². The van der Waals surface area contributed by atoms with Crippen LogP contribution in [0, 0.1) is 11.3 Å². The van der Waals surface area contributed by atoms with Crippen LogP contribution in [0.1, 0.15) is 25.0 Å². The Labute approximate surface area is 154 Å². The summed E-state index contributed by atoms with van der Waals surface area (Å²) in [4.78, 5) is 0. The van der Waals surface area contributed by atoms with Gasteiger partial charge >= 0.3 is 0 Å². The number of benzene rings is 3. The van der Waals surface area contributed by atoms with Crippen LogP contribution in [0.4, 0.5) is 0 Å². The second-order valence-electron chi connectivity index (χ2n) is 6.28. The maximum Gasteiger partial charge on any atom is 0.168 e. The summed E-state index contributed by atoms with van der Waals surface area (Å²) in [6, 6.07) is 22.2. The SMILES string of the molecule is COc1cccc(/C=C(/C#N)c2ccc3ccccc3c2)c1OC(C)C. The van der Waals surface area contributed by atoms with Crippen molar-refractivity contribution in [1.29, 1.82) is 5.26 Å². The van der Waals surface area contributed by atoms with E-state index in [4.69, 9.17) is 9.47 Å². The fourth-order valence-electron chi connectivity index (χ4n) is 2.86. The fraction of sp³-hybridized carbons (Fsp3) is 0.174. The summed E-state index contributed by atoms with van der Waals surface area (Å²) < 4.78 is 11.4. The van der Waals surface area contributed by atoms with E-state index in [2.05, 4.69) is 12.1 Å². The van der Waals surface area contributed by atoms with Crippen LogP contribution in [0.15, 0.2) is 60.7 Å². The van der Waals surface area contributed by atoms with E-state index in [1.807, 2.05) is 74.5 Å². The monoisotopic (exact) mass is 343 g/mol. The van der Waals surface area contributed by atoms with E-state index in [1.165, 1.54) is 0 Å². The first-order valence-corrected chi connectivity index (χ1v) is 8.57. The van der Waals surface area contributed by atoms with Gasteiger partial charge in [-0.3, -0.25) is 0 Å². The molecule has 0 radical (unpaired) electrons. The molecule has 3 nitrogen and oxygen atoms in total. The Bertz CT molecular complexity index is 997. The third kappa shape index (κ3) is 3.70. The number of methoxy groups -OCH3 is 1. The maximum atomic E-state index is 9.72. The van der Waals surface area contributed by atoms with Gasteiger partial charge in [0.05, 0.1) is 24.9 Å². The number of allylic oxidation sites excluding steroid dienone is 1. The van der Waals surface area contributed by atoms with E-state index in [9.17, 15) is 5.26 Å². The summed E-state index contributed by atoms with van der Waals surface area (Å²) in [6.07, 6.45) is 1.86. The van der Waals surface area contributed by atoms with Crippen LogP contribution < -0.4 is 9.47 Å². The zero-order valence-electron chi connectivity index (χ0n) is 15.2. The van der Waals surface area contributed by atoms with E-state index in [0.29, 0.717) is 17.1 Å². The van der Waals surface area contributed by atoms with Gasteiger partial charge in [0.15, 0.2) is 11.5 Å². The lowest BCUT2D eigenvalue weighted by molar-refractivity contribution is 0.229. The molecule has 0 aliphatic rings. The summed E-state index contributed by atoms with van der Waals surface area (Å²) in [5.41, 5.74) is 2.28. The first-order valence-electron chi connectivity index (χ1n) is 8.57. The molecule has 3 rings (SSSR count). The molecule has 0 spiro atoms. The van der Waals surface area contributed by atoms with Gasteiger partial charge in [0, 0.05) is 5.56 Å². The molecule has 3 aromatic rings. The van der Waals surface area contributed by atoms with E-state index >= 15 is 0 Å². The number of para-hydroxylation sites is 1. The van der Waals surface area contributed by atoms with Crippen molar-refractivity contribution in [1.82, 2.24) is 0 Å². The van der Waals surface area contributed by atoms with Crippen molar-refractivity contribution in [3.8, 4) is 17.6 Å². The van der Waals surface area contributed by atoms with Crippen LogP contribution in [0.3, 0.4) is 0 Å². The molecule has 0 N–H and O–H groups in total. The zero-order chi connectivity index (χ0) is 18.5. The van der Waals surface area contributed by atoms with Gasteiger partial charge in [-0.2, -0.15) is 5.26 Å². The third-order valence-electron chi connectivity index (χ3n) is 4.06. The van der Waals surface area contributed by atoms with E-state index < -0.39 is 0 Å². The Balaban J connectivity index is 2.10. The van der Waals surface area contributed by atoms with Gasteiger partial charge in [0.25, 0.3) is 0 Å². The van der Waals surface area contributed by atoms with Crippen LogP contribution in [-0.4, -0.2) is 13.2 Å². The lowest BCUT2D eigenvalue weighted by atomic mass is 10.00. The molecule has 0 saturated carbocycles. The van der Waals surface area contributed by atoms with Crippen molar-refractivity contribution in [3.63, 3.8) is 0 Å². The molecular formula is C23H21NO2. The van der Waals surface area contributed by atoms with E-state index in [0.717, 1.165) is 21.9 Å². The number of fused-ring (bicyclic) bond motifs is 1. The fourth-order valence-corrected chi connectivity index (χ4v) is 2.86. The van der Waals surface area contributed by atoms with Crippen LogP contribution in [0.5, 0.6) is 11.5 Å². The van der Waals surface area contributed by atoms with Gasteiger partial charge in [-0.1, -0.05) is 48.5 Å². The van der Waals surface area contributed by atoms with E-state index in [-0.39, 0.29) is 6.10 Å². The lowest BCUT2D eigenvalue weighted by Gasteiger charge is -2.16. The second-order valence-corrected chi connectivity index (χ2v) is 6.28. The number of ether oxygens (including phenoxy) is 2. The Kier molecular flexibility index (Phi) is 5.24. The highest BCUT2D eigenvalue weighted by Gasteiger charge is 2.12. The number of hydrogen-bond acceptors (Lipinski definition) is 3. The van der Waals surface area contributed by atoms with Gasteiger partial charge in [-0.25, -0.2) is 0 Å². The van der Waals surface area contributed by atoms with Crippen molar-refractivity contribution in [2.75, 3.05) is 7.11 Å². The predicted molar refractivity (Wildman–Crippen MR) is 106 cm³/mol. The van der Waals surface area contributed by atoms with Gasteiger partial charge < -0.3 is 9.47 Å². The largest absolute Gasteiger partial charge is 0.493 e. The highest BCUT2D eigenvalue weighted by molar-refractivity contribution is 5.95. The van der Waals surface area contributed by atoms with Gasteiger partial charge in [0.1, 0.15) is 0 Å². The molecule has 0 unspecified atom stereocenters. The van der Waals surface area contributed by atoms with Crippen molar-refractivity contribution >= 4 is 22.4 Å². The first-order chi connectivity index (χ1) is 12.6. The highest BCUT2D eigenvalue weighted by atomic mass is 16.5. The van der Waals surface area contributed by atoms with Crippen molar-refractivity contribution in [2.24, 2.45) is 0 Å². The predicted octanol–water partition coefficient (Wildman–Crippen LogP) is 5.70. The summed E-state index contributed by atoms with van der Waals surface area (Å²) in [7, 11) is 1.62. The topological polar surface area (TPSA) is 42.2 Å². The molecular weight excluding hydrogens is 322 g/mol. The van der Waals surface area contributed by atoms with E-state index in [1.54, 1.807) is 7.11 Å². The molecule has 0 bridgehead atoms. The number of hydrogen-bond donors (Lipinski definition) is 0. The molecule has 0 aromatic heterocycles. The number of nitrogens with zero attached hydrogens (tertiary/aromatic N) is 1. The highest BCUT2D eigenvalue weighted by Crippen LogP contribution is 2.34. The Hall–Kier alpha value is -3.25. The van der Waals surface area contributed by atoms with Gasteiger partial charge in [0.2, 0.25) is 0 Å². The molecule has 26 heavy (non-hydrogen) atoms. The number of nitriles is 1. The molecule has 130 valence electrons. The maximum absolute atomic E-state index is 9.72. The van der Waals surface area contributed by atoms with Crippen molar-refractivity contribution in [2.45, 2.75) is 20.0 Å². The quantitative estimate of drug-likeness (QED) is 0.441. The average molecular weight is 343 g/mol. The molecule has 0 atom stereocenters. The Morgan fingerprint density at radius 1 is 1.00 bits per heavy atom. The average Bonchev–Trinajstić information content (AvgIpc) is 2.66. The Morgan fingerprint density at radius 2 is 1.77 bits per heavy atom. The molecule has 0 aliphatic carbocycles. The minimum absolute atomic E-state index is 0.00431. The van der Waals surface area contributed by atoms with Gasteiger partial charge in [-0.15, -0.1) is 0 Å². The van der Waals surface area contributed by atoms with Crippen LogP contribution in [-0.2, 0) is 0 Å². The molecule has 0 fully saturated rings. The standard InChI is InChI=1S/C23H21NO2/c1-16(2)26-23-20(9-6-10-22(23)25-3)14-21(15-24)19-12-11-17-7-4-5-8-18(17)13-19/h4-14,16H,1-3H3/b21-14-. The van der Waals surface area contributed by atoms with Crippen molar-refractivity contribution < 1.29 is 9.47 Å². The third-order valence-corrected chi connectivity index (χ3v) is 4.06. The van der Waals surface area contributed by atoms with Crippen LogP contribution >= 0.6 is 0 Å². The molecule has 3 heteroatoms. The smallest absolute Gasteiger partial charge is 0.168 e. The number of rotatable bonds is 5. The summed E-state index contributed by atoms with van der Waals surface area (Å²) in [5, 5.41) is 12.0. The Morgan fingerprint density at radius 3 is 2.46 bits per heavy atom. The first kappa shape index (κ1) is 17.6. The minimum Gasteiger partial charge on any atom is -0.493 e. The summed E-state index contributed by atoms with van der Waals surface area (Å²) in [5.74, 6) is 1.31. The summed E-state index contributed by atoms with van der Waals surface area (Å²) in [6.45, 7) is 3.93. The van der Waals surface area contributed by atoms with Crippen LogP contribution in [0.2, 0.25) is 0 Å². The molecule has 0 heterocycles. The minimum atomic E-state index is 0.00431. The lowest BCUT2D eigenvalue weighted by Crippen LogP contribution is -2.08.